The zero-order valence-electron chi connectivity index (χ0n) is 22.4. The molecule has 0 aliphatic carbocycles. The molecule has 2 aromatic carbocycles. The summed E-state index contributed by atoms with van der Waals surface area (Å²) in [5, 5.41) is 13.6. The van der Waals surface area contributed by atoms with Crippen LogP contribution in [-0.2, 0) is 30.8 Å². The number of hydrogen-bond donors (Lipinski definition) is 1. The molecule has 0 unspecified atom stereocenters. The maximum Gasteiger partial charge on any atom is 0.252 e. The average molecular weight is 516 g/mol. The Balaban J connectivity index is 1.32. The number of morpholine rings is 1. The Morgan fingerprint density at radius 1 is 1.03 bits per heavy atom. The number of tetrazole rings is 1. The summed E-state index contributed by atoms with van der Waals surface area (Å²) in [6.07, 6.45) is 1.86. The van der Waals surface area contributed by atoms with Crippen molar-refractivity contribution in [3.8, 4) is 0 Å². The second kappa shape index (κ2) is 12.4. The molecular formula is C29H37N7O2. The van der Waals surface area contributed by atoms with Gasteiger partial charge < -0.3 is 9.72 Å². The SMILES string of the molecule is Cc1ccc2cc(CN(CCCN3CCOCC3)Cc3nnnn3CCc3ccccc3)c(=O)[nH]c2c1C. The lowest BCUT2D eigenvalue weighted by Gasteiger charge is -2.28. The molecule has 2 aromatic heterocycles. The van der Waals surface area contributed by atoms with Gasteiger partial charge in [-0.05, 0) is 71.8 Å². The minimum atomic E-state index is -0.0342. The van der Waals surface area contributed by atoms with Gasteiger partial charge in [0.15, 0.2) is 5.82 Å². The zero-order valence-corrected chi connectivity index (χ0v) is 22.4. The Morgan fingerprint density at radius 3 is 2.66 bits per heavy atom. The van der Waals surface area contributed by atoms with Crippen LogP contribution in [0.4, 0.5) is 0 Å². The van der Waals surface area contributed by atoms with Crippen molar-refractivity contribution >= 4 is 10.9 Å². The summed E-state index contributed by atoms with van der Waals surface area (Å²) in [5.41, 5.74) is 5.19. The Morgan fingerprint density at radius 2 is 1.84 bits per heavy atom. The molecule has 1 fully saturated rings. The van der Waals surface area contributed by atoms with Crippen molar-refractivity contribution in [2.24, 2.45) is 0 Å². The zero-order chi connectivity index (χ0) is 26.3. The van der Waals surface area contributed by atoms with Gasteiger partial charge in [-0.1, -0.05) is 42.5 Å². The molecule has 9 heteroatoms. The van der Waals surface area contributed by atoms with E-state index in [0.717, 1.165) is 80.1 Å². The molecule has 1 aliphatic rings. The summed E-state index contributed by atoms with van der Waals surface area (Å²) >= 11 is 0. The van der Waals surface area contributed by atoms with Gasteiger partial charge in [0.05, 0.1) is 25.3 Å². The first kappa shape index (κ1) is 26.2. The number of rotatable bonds is 11. The van der Waals surface area contributed by atoms with Gasteiger partial charge >= 0.3 is 0 Å². The summed E-state index contributed by atoms with van der Waals surface area (Å²) in [5.74, 6) is 0.816. The molecular weight excluding hydrogens is 478 g/mol. The van der Waals surface area contributed by atoms with Crippen molar-refractivity contribution in [3.63, 3.8) is 0 Å². The maximum atomic E-state index is 13.1. The van der Waals surface area contributed by atoms with E-state index in [-0.39, 0.29) is 5.56 Å². The normalized spacial score (nSPS) is 14.5. The van der Waals surface area contributed by atoms with E-state index in [9.17, 15) is 4.79 Å². The molecule has 1 saturated heterocycles. The van der Waals surface area contributed by atoms with Crippen LogP contribution < -0.4 is 5.56 Å². The van der Waals surface area contributed by atoms with Gasteiger partial charge in [-0.15, -0.1) is 5.10 Å². The lowest BCUT2D eigenvalue weighted by atomic mass is 10.0. The number of fused-ring (bicyclic) bond motifs is 1. The number of H-pyrrole nitrogens is 1. The van der Waals surface area contributed by atoms with Crippen LogP contribution in [0.5, 0.6) is 0 Å². The van der Waals surface area contributed by atoms with Crippen molar-refractivity contribution in [1.82, 2.24) is 35.0 Å². The smallest absolute Gasteiger partial charge is 0.252 e. The summed E-state index contributed by atoms with van der Waals surface area (Å²) in [6.45, 7) is 11.3. The van der Waals surface area contributed by atoms with Crippen molar-refractivity contribution in [2.75, 3.05) is 39.4 Å². The number of aryl methyl sites for hydroxylation is 4. The molecule has 0 spiro atoms. The van der Waals surface area contributed by atoms with Gasteiger partial charge in [0.1, 0.15) is 0 Å². The molecule has 0 radical (unpaired) electrons. The Hall–Kier alpha value is -3.40. The Bertz CT molecular complexity index is 1390. The third-order valence-corrected chi connectivity index (χ3v) is 7.50. The van der Waals surface area contributed by atoms with Crippen LogP contribution in [0, 0.1) is 13.8 Å². The van der Waals surface area contributed by atoms with E-state index in [2.05, 4.69) is 80.6 Å². The largest absolute Gasteiger partial charge is 0.379 e. The van der Waals surface area contributed by atoms with Crippen molar-refractivity contribution in [1.29, 1.82) is 0 Å². The Kier molecular flexibility index (Phi) is 8.58. The van der Waals surface area contributed by atoms with Crippen molar-refractivity contribution in [2.45, 2.75) is 46.3 Å². The van der Waals surface area contributed by atoms with E-state index in [4.69, 9.17) is 4.74 Å². The molecule has 0 amide bonds. The molecule has 1 N–H and O–H groups in total. The molecule has 0 saturated carbocycles. The number of aromatic nitrogens is 5. The molecule has 4 aromatic rings. The molecule has 1 aliphatic heterocycles. The standard InChI is InChI=1S/C29H37N7O2/c1-22-9-10-25-19-26(29(37)30-28(25)23(22)2)20-35(13-6-12-34-15-17-38-18-16-34)21-27-31-32-33-36(27)14-11-24-7-4-3-5-8-24/h3-5,7-10,19H,6,11-18,20-21H2,1-2H3,(H,30,37). The second-order valence-corrected chi connectivity index (χ2v) is 10.2. The highest BCUT2D eigenvalue weighted by Crippen LogP contribution is 2.20. The molecule has 5 rings (SSSR count). The highest BCUT2D eigenvalue weighted by atomic mass is 16.5. The summed E-state index contributed by atoms with van der Waals surface area (Å²) in [7, 11) is 0. The van der Waals surface area contributed by atoms with Crippen LogP contribution in [0.25, 0.3) is 10.9 Å². The fourth-order valence-corrected chi connectivity index (χ4v) is 5.07. The van der Waals surface area contributed by atoms with E-state index in [1.807, 2.05) is 16.8 Å². The highest BCUT2D eigenvalue weighted by Gasteiger charge is 2.17. The predicted molar refractivity (Wildman–Crippen MR) is 148 cm³/mol. The first-order valence-corrected chi connectivity index (χ1v) is 13.5. The average Bonchev–Trinajstić information content (AvgIpc) is 3.38. The third-order valence-electron chi connectivity index (χ3n) is 7.50. The second-order valence-electron chi connectivity index (χ2n) is 10.2. The minimum Gasteiger partial charge on any atom is -0.379 e. The fourth-order valence-electron chi connectivity index (χ4n) is 5.07. The van der Waals surface area contributed by atoms with Crippen LogP contribution in [0.2, 0.25) is 0 Å². The van der Waals surface area contributed by atoms with E-state index in [1.54, 1.807) is 0 Å². The fraction of sp³-hybridized carbons (Fsp3) is 0.448. The minimum absolute atomic E-state index is 0.0342. The highest BCUT2D eigenvalue weighted by molar-refractivity contribution is 5.83. The molecule has 38 heavy (non-hydrogen) atoms. The lowest BCUT2D eigenvalue weighted by Crippen LogP contribution is -2.38. The number of aromatic amines is 1. The van der Waals surface area contributed by atoms with Crippen LogP contribution in [-0.4, -0.2) is 74.4 Å². The summed E-state index contributed by atoms with van der Waals surface area (Å²) in [4.78, 5) is 21.0. The van der Waals surface area contributed by atoms with E-state index < -0.39 is 0 Å². The number of nitrogens with one attached hydrogen (secondary N) is 1. The molecule has 9 nitrogen and oxygen atoms in total. The van der Waals surface area contributed by atoms with Crippen LogP contribution >= 0.6 is 0 Å². The van der Waals surface area contributed by atoms with Gasteiger partial charge in [-0.2, -0.15) is 0 Å². The van der Waals surface area contributed by atoms with Gasteiger partial charge in [0, 0.05) is 38.3 Å². The quantitative estimate of drug-likeness (QED) is 0.328. The lowest BCUT2D eigenvalue weighted by molar-refractivity contribution is 0.0358. The first-order valence-electron chi connectivity index (χ1n) is 13.5. The van der Waals surface area contributed by atoms with Crippen molar-refractivity contribution in [3.05, 3.63) is 87.0 Å². The number of nitrogens with zero attached hydrogens (tertiary/aromatic N) is 6. The van der Waals surface area contributed by atoms with E-state index in [0.29, 0.717) is 19.6 Å². The van der Waals surface area contributed by atoms with E-state index in [1.165, 1.54) is 11.1 Å². The monoisotopic (exact) mass is 515 g/mol. The number of ether oxygens (including phenoxy) is 1. The van der Waals surface area contributed by atoms with Gasteiger partial charge in [0.25, 0.3) is 5.56 Å². The first-order chi connectivity index (χ1) is 18.6. The van der Waals surface area contributed by atoms with Gasteiger partial charge in [-0.25, -0.2) is 4.68 Å². The predicted octanol–water partition coefficient (Wildman–Crippen LogP) is 3.10. The molecule has 0 bridgehead atoms. The summed E-state index contributed by atoms with van der Waals surface area (Å²) in [6, 6.07) is 16.6. The Labute approximate surface area is 223 Å². The van der Waals surface area contributed by atoms with Crippen LogP contribution in [0.15, 0.2) is 53.3 Å². The van der Waals surface area contributed by atoms with Gasteiger partial charge in [-0.3, -0.25) is 14.6 Å². The molecule has 0 atom stereocenters. The van der Waals surface area contributed by atoms with Crippen LogP contribution in [0.1, 0.15) is 34.5 Å². The number of pyridine rings is 1. The third kappa shape index (κ3) is 6.53. The van der Waals surface area contributed by atoms with E-state index >= 15 is 0 Å². The number of benzene rings is 2. The van der Waals surface area contributed by atoms with Crippen LogP contribution in [0.3, 0.4) is 0 Å². The summed E-state index contributed by atoms with van der Waals surface area (Å²) < 4.78 is 7.38. The van der Waals surface area contributed by atoms with Crippen molar-refractivity contribution < 1.29 is 4.74 Å². The topological polar surface area (TPSA) is 92.2 Å². The number of hydrogen-bond acceptors (Lipinski definition) is 7. The molecule has 200 valence electrons. The van der Waals surface area contributed by atoms with Gasteiger partial charge in [0.2, 0.25) is 0 Å². The maximum absolute atomic E-state index is 13.1. The molecule has 3 heterocycles.